The summed E-state index contributed by atoms with van der Waals surface area (Å²) in [6.45, 7) is -1.21. The number of alkyl halides is 3. The highest BCUT2D eigenvalue weighted by Gasteiger charge is 2.35. The highest BCUT2D eigenvalue weighted by molar-refractivity contribution is 5.99. The molecule has 0 saturated heterocycles. The zero-order valence-corrected chi connectivity index (χ0v) is 23.7. The van der Waals surface area contributed by atoms with E-state index in [0.717, 1.165) is 21.4 Å². The number of nitrogens with zero attached hydrogens (tertiary/aromatic N) is 2. The van der Waals surface area contributed by atoms with Crippen molar-refractivity contribution in [2.45, 2.75) is 19.1 Å². The summed E-state index contributed by atoms with van der Waals surface area (Å²) in [5.41, 5.74) is 10.7. The predicted octanol–water partition coefficient (Wildman–Crippen LogP) is 6.77. The van der Waals surface area contributed by atoms with E-state index in [2.05, 4.69) is 10.3 Å². The molecule has 3 aromatic carbocycles. The molecule has 45 heavy (non-hydrogen) atoms. The zero-order chi connectivity index (χ0) is 31.7. The Kier molecular flexibility index (Phi) is 7.84. The van der Waals surface area contributed by atoms with Crippen LogP contribution in [0.3, 0.4) is 0 Å². The summed E-state index contributed by atoms with van der Waals surface area (Å²) in [7, 11) is 0. The Morgan fingerprint density at radius 1 is 0.978 bits per heavy atom. The summed E-state index contributed by atoms with van der Waals surface area (Å²) in [6, 6.07) is 20.0. The van der Waals surface area contributed by atoms with Gasteiger partial charge in [0.2, 0.25) is 5.91 Å². The van der Waals surface area contributed by atoms with Gasteiger partial charge in [-0.05, 0) is 88.8 Å². The minimum atomic E-state index is -4.47. The van der Waals surface area contributed by atoms with Crippen molar-refractivity contribution in [3.8, 4) is 22.3 Å². The van der Waals surface area contributed by atoms with Crippen LogP contribution in [0.1, 0.15) is 27.2 Å². The molecule has 0 unspecified atom stereocenters. The van der Waals surface area contributed by atoms with Gasteiger partial charge in [-0.1, -0.05) is 24.3 Å². The minimum Gasteiger partial charge on any atom is -0.459 e. The Morgan fingerprint density at radius 3 is 2.49 bits per heavy atom. The van der Waals surface area contributed by atoms with Gasteiger partial charge in [0, 0.05) is 35.3 Å². The van der Waals surface area contributed by atoms with E-state index >= 15 is 0 Å². The first kappa shape index (κ1) is 29.6. The van der Waals surface area contributed by atoms with Crippen LogP contribution in [0, 0.1) is 5.82 Å². The lowest BCUT2D eigenvalue weighted by molar-refractivity contribution is -0.141. The molecule has 11 heteroatoms. The highest BCUT2D eigenvalue weighted by atomic mass is 19.4. The van der Waals surface area contributed by atoms with Gasteiger partial charge in [0.1, 0.15) is 29.5 Å². The van der Waals surface area contributed by atoms with Crippen molar-refractivity contribution in [1.29, 1.82) is 0 Å². The summed E-state index contributed by atoms with van der Waals surface area (Å²) in [4.78, 5) is 30.0. The number of amides is 2. The molecule has 0 aliphatic carbocycles. The number of benzene rings is 3. The van der Waals surface area contributed by atoms with Crippen molar-refractivity contribution < 1.29 is 31.6 Å². The third-order valence-corrected chi connectivity index (χ3v) is 7.47. The second-order valence-electron chi connectivity index (χ2n) is 10.7. The quantitative estimate of drug-likeness (QED) is 0.156. The standard InChI is InChI=1S/C34H26F4N4O3/c35-26-6-3-21(4-7-26)29-16-24(22-5-8-28-23(13-22)11-12-42(33(28)44)19-34(36,37)38)14-25-15-27(45-32(25)29)18-41-31(43)10-2-20-1-9-30(39)40-17-20/h1-10,13-17H,11-12,18-19H2,(H2,39,40)(H,41,43)/b10-2+. The van der Waals surface area contributed by atoms with Gasteiger partial charge in [0.05, 0.1) is 6.54 Å². The molecule has 3 N–H and O–H groups in total. The van der Waals surface area contributed by atoms with E-state index in [9.17, 15) is 27.2 Å². The van der Waals surface area contributed by atoms with E-state index in [-0.39, 0.29) is 31.0 Å². The zero-order valence-electron chi connectivity index (χ0n) is 23.7. The van der Waals surface area contributed by atoms with Crippen LogP contribution < -0.4 is 11.1 Å². The lowest BCUT2D eigenvalue weighted by Gasteiger charge is -2.29. The fourth-order valence-corrected chi connectivity index (χ4v) is 5.31. The first-order valence-electron chi connectivity index (χ1n) is 14.0. The number of hydrogen-bond acceptors (Lipinski definition) is 5. The smallest absolute Gasteiger partial charge is 0.406 e. The van der Waals surface area contributed by atoms with Gasteiger partial charge >= 0.3 is 6.18 Å². The van der Waals surface area contributed by atoms with E-state index in [1.54, 1.807) is 54.7 Å². The number of carbonyl (C=O) groups is 2. The van der Waals surface area contributed by atoms with Gasteiger partial charge in [-0.2, -0.15) is 13.2 Å². The molecule has 2 aromatic heterocycles. The number of furan rings is 1. The highest BCUT2D eigenvalue weighted by Crippen LogP contribution is 2.37. The summed E-state index contributed by atoms with van der Waals surface area (Å²) >= 11 is 0. The topological polar surface area (TPSA) is 101 Å². The number of nitrogens with one attached hydrogen (secondary N) is 1. The molecule has 1 aliphatic rings. The molecule has 5 aromatic rings. The Balaban J connectivity index is 1.29. The monoisotopic (exact) mass is 614 g/mol. The number of hydrogen-bond donors (Lipinski definition) is 2. The Labute approximate surface area is 255 Å². The maximum atomic E-state index is 13.8. The van der Waals surface area contributed by atoms with Crippen LogP contribution in [0.5, 0.6) is 0 Å². The van der Waals surface area contributed by atoms with Gasteiger partial charge in [0.15, 0.2) is 0 Å². The first-order chi connectivity index (χ1) is 21.5. The molecule has 228 valence electrons. The minimum absolute atomic E-state index is 0.0302. The molecule has 0 bridgehead atoms. The Hall–Kier alpha value is -5.45. The van der Waals surface area contributed by atoms with E-state index in [1.807, 2.05) is 18.2 Å². The van der Waals surface area contributed by atoms with Crippen molar-refractivity contribution in [1.82, 2.24) is 15.2 Å². The molecule has 6 rings (SSSR count). The predicted molar refractivity (Wildman–Crippen MR) is 162 cm³/mol. The number of rotatable bonds is 7. The number of halogens is 4. The van der Waals surface area contributed by atoms with Crippen LogP contribution in [0.2, 0.25) is 0 Å². The summed E-state index contributed by atoms with van der Waals surface area (Å²) in [5, 5.41) is 3.52. The number of nitrogen functional groups attached to an aromatic ring is 1. The van der Waals surface area contributed by atoms with Crippen molar-refractivity contribution in [3.63, 3.8) is 0 Å². The number of carbonyl (C=O) groups excluding carboxylic acids is 2. The molecule has 2 amide bonds. The molecule has 0 radical (unpaired) electrons. The molecular formula is C34H26F4N4O3. The number of anilines is 1. The fourth-order valence-electron chi connectivity index (χ4n) is 5.31. The van der Waals surface area contributed by atoms with E-state index < -0.39 is 24.4 Å². The number of pyridine rings is 1. The average Bonchev–Trinajstić information content (AvgIpc) is 3.43. The lowest BCUT2D eigenvalue weighted by atomic mass is 9.92. The van der Waals surface area contributed by atoms with Gasteiger partial charge in [-0.25, -0.2) is 9.37 Å². The van der Waals surface area contributed by atoms with Gasteiger partial charge in [0.25, 0.3) is 5.91 Å². The number of nitrogens with two attached hydrogens (primary N) is 1. The molecule has 0 atom stereocenters. The maximum Gasteiger partial charge on any atom is 0.406 e. The van der Waals surface area contributed by atoms with Crippen LogP contribution in [0.25, 0.3) is 39.3 Å². The third kappa shape index (κ3) is 6.72. The molecule has 0 saturated carbocycles. The van der Waals surface area contributed by atoms with Crippen LogP contribution in [-0.2, 0) is 17.8 Å². The van der Waals surface area contributed by atoms with Gasteiger partial charge in [-0.3, -0.25) is 9.59 Å². The molecular weight excluding hydrogens is 588 g/mol. The Bertz CT molecular complexity index is 1930. The largest absolute Gasteiger partial charge is 0.459 e. The normalized spacial score (nSPS) is 13.4. The van der Waals surface area contributed by atoms with Crippen molar-refractivity contribution in [2.75, 3.05) is 18.8 Å². The number of fused-ring (bicyclic) bond motifs is 2. The van der Waals surface area contributed by atoms with Crippen molar-refractivity contribution >= 4 is 34.7 Å². The third-order valence-electron chi connectivity index (χ3n) is 7.47. The molecule has 0 fully saturated rings. The molecule has 0 spiro atoms. The van der Waals surface area contributed by atoms with Crippen LogP contribution in [0.4, 0.5) is 23.4 Å². The van der Waals surface area contributed by atoms with Crippen LogP contribution in [0.15, 0.2) is 89.5 Å². The lowest BCUT2D eigenvalue weighted by Crippen LogP contribution is -2.43. The van der Waals surface area contributed by atoms with Crippen molar-refractivity contribution in [2.24, 2.45) is 0 Å². The van der Waals surface area contributed by atoms with Crippen molar-refractivity contribution in [3.05, 3.63) is 113 Å². The summed E-state index contributed by atoms with van der Waals surface area (Å²) < 4.78 is 58.8. The van der Waals surface area contributed by atoms with Gasteiger partial charge < -0.3 is 20.4 Å². The molecule has 1 aliphatic heterocycles. The summed E-state index contributed by atoms with van der Waals surface area (Å²) in [5.74, 6) is -0.520. The van der Waals surface area contributed by atoms with Gasteiger partial charge in [-0.15, -0.1) is 0 Å². The second kappa shape index (κ2) is 11.9. The SMILES string of the molecule is Nc1ccc(/C=C/C(=O)NCc2cc3cc(-c4ccc5c(c4)CCN(CC(F)(F)F)C5=O)cc(-c4ccc(F)cc4)c3o2)cn1. The maximum absolute atomic E-state index is 13.8. The van der Waals surface area contributed by atoms with Crippen LogP contribution in [-0.4, -0.2) is 41.0 Å². The number of aromatic nitrogens is 1. The first-order valence-corrected chi connectivity index (χ1v) is 14.0. The van der Waals surface area contributed by atoms with E-state index in [1.165, 1.54) is 18.2 Å². The van der Waals surface area contributed by atoms with Crippen LogP contribution >= 0.6 is 0 Å². The van der Waals surface area contributed by atoms with E-state index in [0.29, 0.717) is 39.4 Å². The molecule has 7 nitrogen and oxygen atoms in total. The fraction of sp³-hybridized carbons (Fsp3) is 0.147. The molecule has 3 heterocycles. The second-order valence-corrected chi connectivity index (χ2v) is 10.7. The Morgan fingerprint density at radius 2 is 1.76 bits per heavy atom. The van der Waals surface area contributed by atoms with E-state index in [4.69, 9.17) is 10.2 Å². The average molecular weight is 615 g/mol. The summed E-state index contributed by atoms with van der Waals surface area (Å²) in [6.07, 6.45) is 0.352.